The molecule has 1 aliphatic rings. The lowest BCUT2D eigenvalue weighted by atomic mass is 10.0. The molecule has 2 heterocycles. The van der Waals surface area contributed by atoms with Crippen LogP contribution in [-0.2, 0) is 10.0 Å². The van der Waals surface area contributed by atoms with Crippen LogP contribution in [0.1, 0.15) is 32.6 Å². The normalized spacial score (nSPS) is 18.7. The Hall–Kier alpha value is -1.16. The second-order valence-electron chi connectivity index (χ2n) is 5.34. The zero-order valence-corrected chi connectivity index (χ0v) is 12.7. The average Bonchev–Trinajstić information content (AvgIpc) is 3.01. The molecule has 4 N–H and O–H groups in total. The van der Waals surface area contributed by atoms with Crippen molar-refractivity contribution >= 4 is 32.1 Å². The molecule has 9 heteroatoms. The van der Waals surface area contributed by atoms with E-state index in [1.165, 1.54) is 11.3 Å². The fourth-order valence-corrected chi connectivity index (χ4v) is 5.23. The Balaban J connectivity index is 2.06. The molecule has 110 valence electrons. The van der Waals surface area contributed by atoms with Crippen molar-refractivity contribution in [3.8, 4) is 0 Å². The van der Waals surface area contributed by atoms with E-state index >= 15 is 0 Å². The average molecular weight is 315 g/mol. The Morgan fingerprint density at radius 1 is 1.45 bits per heavy atom. The number of sulfonamides is 1. The molecule has 0 bridgehead atoms. The number of anilines is 1. The summed E-state index contributed by atoms with van der Waals surface area (Å²) < 4.78 is 29.7. The van der Waals surface area contributed by atoms with Crippen LogP contribution in [0.4, 0.5) is 5.82 Å². The number of imidazole rings is 1. The fourth-order valence-electron chi connectivity index (χ4n) is 2.75. The van der Waals surface area contributed by atoms with Crippen molar-refractivity contribution < 1.29 is 8.42 Å². The van der Waals surface area contributed by atoms with Crippen molar-refractivity contribution in [1.82, 2.24) is 14.1 Å². The first-order valence-corrected chi connectivity index (χ1v) is 8.78. The molecule has 3 rings (SSSR count). The number of hydrazine groups is 1. The highest BCUT2D eigenvalue weighted by Gasteiger charge is 2.36. The van der Waals surface area contributed by atoms with E-state index in [1.807, 2.05) is 6.92 Å². The van der Waals surface area contributed by atoms with Crippen LogP contribution >= 0.6 is 11.3 Å². The minimum Gasteiger partial charge on any atom is -0.306 e. The van der Waals surface area contributed by atoms with Gasteiger partial charge in [-0.15, -0.1) is 11.3 Å². The molecule has 1 saturated carbocycles. The van der Waals surface area contributed by atoms with Gasteiger partial charge in [-0.2, -0.15) is 4.98 Å². The third kappa shape index (κ3) is 2.20. The fraction of sp³-hybridized carbons (Fsp3) is 0.545. The molecule has 0 spiro atoms. The Labute approximate surface area is 121 Å². The predicted molar refractivity (Wildman–Crippen MR) is 78.1 cm³/mol. The topological polar surface area (TPSA) is 102 Å². The van der Waals surface area contributed by atoms with Crippen LogP contribution in [0.5, 0.6) is 0 Å². The summed E-state index contributed by atoms with van der Waals surface area (Å²) in [4.78, 5) is 4.77. The van der Waals surface area contributed by atoms with E-state index in [1.54, 1.807) is 16.0 Å². The van der Waals surface area contributed by atoms with Crippen LogP contribution in [0, 0.1) is 0 Å². The highest BCUT2D eigenvalue weighted by Crippen LogP contribution is 2.32. The van der Waals surface area contributed by atoms with E-state index in [0.29, 0.717) is 4.96 Å². The lowest BCUT2D eigenvalue weighted by molar-refractivity contribution is 0.426. The van der Waals surface area contributed by atoms with Gasteiger partial charge >= 0.3 is 0 Å². The summed E-state index contributed by atoms with van der Waals surface area (Å²) >= 11 is 1.36. The maximum absolute atomic E-state index is 12.7. The summed E-state index contributed by atoms with van der Waals surface area (Å²) in [5, 5.41) is 1.86. The van der Waals surface area contributed by atoms with Crippen molar-refractivity contribution in [1.29, 1.82) is 0 Å². The second-order valence-corrected chi connectivity index (χ2v) is 7.81. The van der Waals surface area contributed by atoms with Gasteiger partial charge in [-0.05, 0) is 19.8 Å². The van der Waals surface area contributed by atoms with E-state index in [9.17, 15) is 8.42 Å². The summed E-state index contributed by atoms with van der Waals surface area (Å²) in [7, 11) is -3.68. The van der Waals surface area contributed by atoms with Gasteiger partial charge in [0.1, 0.15) is 0 Å². The van der Waals surface area contributed by atoms with E-state index in [0.717, 1.165) is 25.7 Å². The quantitative estimate of drug-likeness (QED) is 0.583. The molecule has 0 unspecified atom stereocenters. The van der Waals surface area contributed by atoms with Gasteiger partial charge in [-0.1, -0.05) is 12.8 Å². The molecule has 1 aliphatic carbocycles. The van der Waals surface area contributed by atoms with Gasteiger partial charge in [0.05, 0.1) is 0 Å². The molecule has 0 aliphatic heterocycles. The predicted octanol–water partition coefficient (Wildman–Crippen LogP) is 1.29. The van der Waals surface area contributed by atoms with Gasteiger partial charge in [0.2, 0.25) is 5.03 Å². The Morgan fingerprint density at radius 3 is 2.80 bits per heavy atom. The molecule has 2 aromatic heterocycles. The molecule has 0 saturated heterocycles. The van der Waals surface area contributed by atoms with Gasteiger partial charge in [0.15, 0.2) is 10.8 Å². The van der Waals surface area contributed by atoms with E-state index < -0.39 is 10.0 Å². The molecule has 20 heavy (non-hydrogen) atoms. The van der Waals surface area contributed by atoms with Gasteiger partial charge in [0.25, 0.3) is 10.0 Å². The van der Waals surface area contributed by atoms with Crippen LogP contribution in [0.15, 0.2) is 16.6 Å². The third-order valence-corrected chi connectivity index (χ3v) is 6.11. The Bertz CT molecular complexity index is 727. The summed E-state index contributed by atoms with van der Waals surface area (Å²) in [6, 6.07) is 0. The molecule has 7 nitrogen and oxygen atoms in total. The second kappa shape index (κ2) is 4.69. The maximum Gasteiger partial charge on any atom is 0.260 e. The van der Waals surface area contributed by atoms with Crippen molar-refractivity contribution in [2.45, 2.75) is 43.2 Å². The molecule has 0 radical (unpaired) electrons. The number of aromatic nitrogens is 2. The zero-order valence-electron chi connectivity index (χ0n) is 11.1. The van der Waals surface area contributed by atoms with Crippen molar-refractivity contribution in [2.24, 2.45) is 5.84 Å². The largest absolute Gasteiger partial charge is 0.306 e. The first-order chi connectivity index (χ1) is 9.45. The van der Waals surface area contributed by atoms with Gasteiger partial charge in [-0.25, -0.2) is 19.0 Å². The molecular formula is C11H17N5O2S2. The van der Waals surface area contributed by atoms with Gasteiger partial charge in [0, 0.05) is 17.1 Å². The van der Waals surface area contributed by atoms with Crippen LogP contribution in [-0.4, -0.2) is 23.3 Å². The molecule has 2 aromatic rings. The first kappa shape index (κ1) is 13.8. The van der Waals surface area contributed by atoms with E-state index in [4.69, 9.17) is 5.84 Å². The Kier molecular flexibility index (Phi) is 3.24. The standard InChI is InChI=1S/C11H17N5O2S2/c1-11(4-2-3-5-11)15-20(17,18)9-8(14-12)13-10-16(9)6-7-19-10/h6-7,14-15H,2-5,12H2,1H3. The number of nitrogens with one attached hydrogen (secondary N) is 2. The molecule has 0 amide bonds. The lowest BCUT2D eigenvalue weighted by Gasteiger charge is -2.24. The zero-order chi connectivity index (χ0) is 14.4. The number of thiazole rings is 1. The van der Waals surface area contributed by atoms with Crippen LogP contribution in [0.25, 0.3) is 4.96 Å². The van der Waals surface area contributed by atoms with E-state index in [2.05, 4.69) is 15.1 Å². The molecule has 0 atom stereocenters. The number of nitrogens with two attached hydrogens (primary N) is 1. The number of rotatable bonds is 4. The third-order valence-electron chi connectivity index (χ3n) is 3.70. The first-order valence-electron chi connectivity index (χ1n) is 6.41. The maximum atomic E-state index is 12.7. The van der Waals surface area contributed by atoms with Crippen LogP contribution in [0.3, 0.4) is 0 Å². The SMILES string of the molecule is CC1(NS(=O)(=O)c2c(NN)nc3sccn23)CCCC1. The summed E-state index contributed by atoms with van der Waals surface area (Å²) in [5.74, 6) is 5.57. The molecular weight excluding hydrogens is 298 g/mol. The van der Waals surface area contributed by atoms with Crippen molar-refractivity contribution in [3.63, 3.8) is 0 Å². The highest BCUT2D eigenvalue weighted by molar-refractivity contribution is 7.89. The number of fused-ring (bicyclic) bond motifs is 1. The minimum absolute atomic E-state index is 0.0735. The summed E-state index contributed by atoms with van der Waals surface area (Å²) in [5.41, 5.74) is 1.99. The van der Waals surface area contributed by atoms with E-state index in [-0.39, 0.29) is 16.4 Å². The summed E-state index contributed by atoms with van der Waals surface area (Å²) in [6.45, 7) is 1.94. The monoisotopic (exact) mass is 315 g/mol. The van der Waals surface area contributed by atoms with Gasteiger partial charge < -0.3 is 5.43 Å². The molecule has 0 aromatic carbocycles. The van der Waals surface area contributed by atoms with Crippen molar-refractivity contribution in [3.05, 3.63) is 11.6 Å². The number of nitrogen functional groups attached to an aromatic ring is 1. The lowest BCUT2D eigenvalue weighted by Crippen LogP contribution is -2.44. The Morgan fingerprint density at radius 2 is 2.15 bits per heavy atom. The van der Waals surface area contributed by atoms with Crippen LogP contribution in [0.2, 0.25) is 0 Å². The number of hydrogen-bond acceptors (Lipinski definition) is 6. The van der Waals surface area contributed by atoms with Gasteiger partial charge in [-0.3, -0.25) is 4.40 Å². The summed E-state index contributed by atoms with van der Waals surface area (Å²) in [6.07, 6.45) is 5.47. The number of hydrogen-bond donors (Lipinski definition) is 3. The van der Waals surface area contributed by atoms with Crippen molar-refractivity contribution in [2.75, 3.05) is 5.43 Å². The molecule has 1 fully saturated rings. The minimum atomic E-state index is -3.68. The smallest absolute Gasteiger partial charge is 0.260 e. The highest BCUT2D eigenvalue weighted by atomic mass is 32.2. The number of nitrogens with zero attached hydrogens (tertiary/aromatic N) is 2. The van der Waals surface area contributed by atoms with Crippen LogP contribution < -0.4 is 16.0 Å².